The molecule has 0 atom stereocenters. The Kier molecular flexibility index (Phi) is 6.42. The predicted molar refractivity (Wildman–Crippen MR) is 85.3 cm³/mol. The van der Waals surface area contributed by atoms with E-state index in [1.807, 2.05) is 0 Å². The molecule has 10 heteroatoms. The SMILES string of the molecule is O=C(CCCNS(=O)(=O)c1cccc(C(F)(F)F)c1)N1CCNCC1. The number of nitrogens with one attached hydrogen (secondary N) is 2. The summed E-state index contributed by atoms with van der Waals surface area (Å²) in [6, 6.07) is 3.55. The molecule has 1 saturated heterocycles. The van der Waals surface area contributed by atoms with Gasteiger partial charge in [-0.15, -0.1) is 0 Å². The highest BCUT2D eigenvalue weighted by Crippen LogP contribution is 2.30. The third-order valence-electron chi connectivity index (χ3n) is 3.80. The number of hydrogen-bond acceptors (Lipinski definition) is 4. The number of sulfonamides is 1. The normalized spacial score (nSPS) is 16.0. The molecule has 0 saturated carbocycles. The van der Waals surface area contributed by atoms with Crippen molar-refractivity contribution in [3.05, 3.63) is 29.8 Å². The zero-order valence-electron chi connectivity index (χ0n) is 13.5. The zero-order valence-corrected chi connectivity index (χ0v) is 14.3. The molecule has 1 aliphatic heterocycles. The number of rotatable bonds is 6. The maximum absolute atomic E-state index is 12.7. The molecule has 0 spiro atoms. The number of carbonyl (C=O) groups is 1. The minimum atomic E-state index is -4.61. The molecule has 1 amide bonds. The Labute approximate surface area is 144 Å². The van der Waals surface area contributed by atoms with Gasteiger partial charge < -0.3 is 10.2 Å². The Hall–Kier alpha value is -1.65. The Balaban J connectivity index is 1.86. The molecular weight excluding hydrogens is 359 g/mol. The smallest absolute Gasteiger partial charge is 0.340 e. The van der Waals surface area contributed by atoms with Gasteiger partial charge >= 0.3 is 6.18 Å². The fourth-order valence-electron chi connectivity index (χ4n) is 2.44. The number of amides is 1. The Bertz CT molecular complexity index is 701. The van der Waals surface area contributed by atoms with Gasteiger partial charge in [-0.1, -0.05) is 6.07 Å². The lowest BCUT2D eigenvalue weighted by Crippen LogP contribution is -2.46. The van der Waals surface area contributed by atoms with E-state index in [4.69, 9.17) is 0 Å². The molecule has 6 nitrogen and oxygen atoms in total. The summed E-state index contributed by atoms with van der Waals surface area (Å²) in [5.41, 5.74) is -1.02. The van der Waals surface area contributed by atoms with E-state index in [9.17, 15) is 26.4 Å². The van der Waals surface area contributed by atoms with E-state index in [1.165, 1.54) is 0 Å². The van der Waals surface area contributed by atoms with E-state index >= 15 is 0 Å². The highest BCUT2D eigenvalue weighted by molar-refractivity contribution is 7.89. The molecule has 0 aromatic heterocycles. The topological polar surface area (TPSA) is 78.5 Å². The van der Waals surface area contributed by atoms with Gasteiger partial charge in [0, 0.05) is 39.1 Å². The van der Waals surface area contributed by atoms with Crippen LogP contribution in [0.15, 0.2) is 29.2 Å². The molecule has 2 rings (SSSR count). The first-order chi connectivity index (χ1) is 11.7. The van der Waals surface area contributed by atoms with Gasteiger partial charge in [-0.3, -0.25) is 4.79 Å². The number of nitrogens with zero attached hydrogens (tertiary/aromatic N) is 1. The van der Waals surface area contributed by atoms with Gasteiger partial charge in [-0.2, -0.15) is 13.2 Å². The van der Waals surface area contributed by atoms with Crippen LogP contribution >= 0.6 is 0 Å². The molecule has 2 N–H and O–H groups in total. The van der Waals surface area contributed by atoms with Crippen molar-refractivity contribution >= 4 is 15.9 Å². The summed E-state index contributed by atoms with van der Waals surface area (Å²) in [5.74, 6) is -0.0558. The van der Waals surface area contributed by atoms with Crippen LogP contribution < -0.4 is 10.0 Å². The average Bonchev–Trinajstić information content (AvgIpc) is 2.59. The van der Waals surface area contributed by atoms with Gasteiger partial charge in [0.25, 0.3) is 0 Å². The number of piperazine rings is 1. The first-order valence-electron chi connectivity index (χ1n) is 7.85. The van der Waals surface area contributed by atoms with Crippen LogP contribution in [0, 0.1) is 0 Å². The predicted octanol–water partition coefficient (Wildman–Crippen LogP) is 1.20. The molecule has 0 aliphatic carbocycles. The Morgan fingerprint density at radius 3 is 2.56 bits per heavy atom. The minimum Gasteiger partial charge on any atom is -0.340 e. The Morgan fingerprint density at radius 2 is 1.92 bits per heavy atom. The van der Waals surface area contributed by atoms with Crippen LogP contribution in [0.2, 0.25) is 0 Å². The third-order valence-corrected chi connectivity index (χ3v) is 5.26. The molecule has 1 aromatic carbocycles. The second-order valence-electron chi connectivity index (χ2n) is 5.66. The van der Waals surface area contributed by atoms with Crippen molar-refractivity contribution in [2.24, 2.45) is 0 Å². The van der Waals surface area contributed by atoms with Crippen LogP contribution in [0.4, 0.5) is 13.2 Å². The fourth-order valence-corrected chi connectivity index (χ4v) is 3.56. The van der Waals surface area contributed by atoms with Crippen molar-refractivity contribution in [2.75, 3.05) is 32.7 Å². The monoisotopic (exact) mass is 379 g/mol. The summed E-state index contributed by atoms with van der Waals surface area (Å²) in [6.07, 6.45) is -4.15. The molecule has 0 bridgehead atoms. The maximum atomic E-state index is 12.7. The summed E-state index contributed by atoms with van der Waals surface area (Å²) in [7, 11) is -4.05. The van der Waals surface area contributed by atoms with Crippen molar-refractivity contribution in [1.29, 1.82) is 0 Å². The molecule has 0 radical (unpaired) electrons. The van der Waals surface area contributed by atoms with Crippen LogP contribution in [0.3, 0.4) is 0 Å². The van der Waals surface area contributed by atoms with Crippen molar-refractivity contribution in [1.82, 2.24) is 14.9 Å². The van der Waals surface area contributed by atoms with E-state index < -0.39 is 26.7 Å². The van der Waals surface area contributed by atoms with E-state index in [2.05, 4.69) is 10.0 Å². The molecule has 1 heterocycles. The van der Waals surface area contributed by atoms with E-state index in [-0.39, 0.29) is 25.3 Å². The van der Waals surface area contributed by atoms with Crippen molar-refractivity contribution < 1.29 is 26.4 Å². The van der Waals surface area contributed by atoms with Crippen molar-refractivity contribution in [3.63, 3.8) is 0 Å². The van der Waals surface area contributed by atoms with E-state index in [1.54, 1.807) is 4.90 Å². The molecule has 140 valence electrons. The second kappa shape index (κ2) is 8.15. The highest BCUT2D eigenvalue weighted by atomic mass is 32.2. The van der Waals surface area contributed by atoms with Crippen molar-refractivity contribution in [3.8, 4) is 0 Å². The maximum Gasteiger partial charge on any atom is 0.416 e. The number of benzene rings is 1. The van der Waals surface area contributed by atoms with E-state index in [0.29, 0.717) is 19.2 Å². The van der Waals surface area contributed by atoms with Crippen LogP contribution in [0.25, 0.3) is 0 Å². The molecule has 1 fully saturated rings. The summed E-state index contributed by atoms with van der Waals surface area (Å²) in [4.78, 5) is 13.2. The molecule has 0 unspecified atom stereocenters. The summed E-state index contributed by atoms with van der Waals surface area (Å²) >= 11 is 0. The number of halogens is 3. The first kappa shape index (κ1) is 19.7. The molecular formula is C15H20F3N3O3S. The summed E-state index contributed by atoms with van der Waals surface area (Å²) < 4.78 is 64.4. The van der Waals surface area contributed by atoms with Gasteiger partial charge in [0.1, 0.15) is 0 Å². The van der Waals surface area contributed by atoms with Gasteiger partial charge in [0.2, 0.25) is 15.9 Å². The number of alkyl halides is 3. The minimum absolute atomic E-state index is 0.0175. The lowest BCUT2D eigenvalue weighted by Gasteiger charge is -2.27. The van der Waals surface area contributed by atoms with Gasteiger partial charge in [0.05, 0.1) is 10.5 Å². The lowest BCUT2D eigenvalue weighted by atomic mass is 10.2. The summed E-state index contributed by atoms with van der Waals surface area (Å²) in [6.45, 7) is 2.68. The standard InChI is InChI=1S/C15H20F3N3O3S/c16-15(17,18)12-3-1-4-13(11-12)25(23,24)20-6-2-5-14(22)21-9-7-19-8-10-21/h1,3-4,11,19-20H,2,5-10H2. The lowest BCUT2D eigenvalue weighted by molar-refractivity contribution is -0.137. The largest absolute Gasteiger partial charge is 0.416 e. The zero-order chi connectivity index (χ0) is 18.5. The van der Waals surface area contributed by atoms with Gasteiger partial charge in [-0.05, 0) is 24.6 Å². The van der Waals surface area contributed by atoms with Crippen LogP contribution in [0.1, 0.15) is 18.4 Å². The summed E-state index contributed by atoms with van der Waals surface area (Å²) in [5, 5.41) is 3.12. The van der Waals surface area contributed by atoms with Crippen LogP contribution in [-0.2, 0) is 21.0 Å². The van der Waals surface area contributed by atoms with E-state index in [0.717, 1.165) is 31.3 Å². The number of carbonyl (C=O) groups excluding carboxylic acids is 1. The quantitative estimate of drug-likeness (QED) is 0.728. The molecule has 1 aliphatic rings. The van der Waals surface area contributed by atoms with Crippen molar-refractivity contribution in [2.45, 2.75) is 23.9 Å². The first-order valence-corrected chi connectivity index (χ1v) is 9.34. The molecule has 1 aromatic rings. The second-order valence-corrected chi connectivity index (χ2v) is 7.42. The molecule has 25 heavy (non-hydrogen) atoms. The Morgan fingerprint density at radius 1 is 1.24 bits per heavy atom. The fraction of sp³-hybridized carbons (Fsp3) is 0.533. The van der Waals surface area contributed by atoms with Gasteiger partial charge in [0.15, 0.2) is 0 Å². The van der Waals surface area contributed by atoms with Crippen LogP contribution in [-0.4, -0.2) is 51.9 Å². The average molecular weight is 379 g/mol. The number of hydrogen-bond donors (Lipinski definition) is 2. The van der Waals surface area contributed by atoms with Gasteiger partial charge in [-0.25, -0.2) is 13.1 Å². The van der Waals surface area contributed by atoms with Crippen LogP contribution in [0.5, 0.6) is 0 Å². The highest BCUT2D eigenvalue weighted by Gasteiger charge is 2.31. The third kappa shape index (κ3) is 5.68.